The largest absolute Gasteiger partial charge is 0.383 e. The van der Waals surface area contributed by atoms with Gasteiger partial charge in [0.1, 0.15) is 0 Å². The molecule has 0 saturated carbocycles. The Morgan fingerprint density at radius 1 is 1.50 bits per heavy atom. The molecule has 1 rings (SSSR count). The summed E-state index contributed by atoms with van der Waals surface area (Å²) in [6.07, 6.45) is 0. The van der Waals surface area contributed by atoms with Gasteiger partial charge >= 0.3 is 5.69 Å². The van der Waals surface area contributed by atoms with Crippen molar-refractivity contribution in [2.24, 2.45) is 0 Å². The summed E-state index contributed by atoms with van der Waals surface area (Å²) in [7, 11) is -2.51. The molecule has 1 aromatic carbocycles. The maximum atomic E-state index is 13.0. The van der Waals surface area contributed by atoms with Crippen molar-refractivity contribution in [1.82, 2.24) is 4.72 Å². The molecule has 0 bridgehead atoms. The van der Waals surface area contributed by atoms with Gasteiger partial charge in [0.15, 0.2) is 0 Å². The molecule has 1 N–H and O–H groups in total. The van der Waals surface area contributed by atoms with Gasteiger partial charge in [-0.15, -0.1) is 0 Å². The van der Waals surface area contributed by atoms with Crippen molar-refractivity contribution in [3.63, 3.8) is 0 Å². The number of methoxy groups -OCH3 is 1. The van der Waals surface area contributed by atoms with Crippen LogP contribution >= 0.6 is 0 Å². The quantitative estimate of drug-likeness (QED) is 0.468. The summed E-state index contributed by atoms with van der Waals surface area (Å²) in [5.74, 6) is -1.09. The molecule has 0 heterocycles. The fourth-order valence-electron chi connectivity index (χ4n) is 1.16. The van der Waals surface area contributed by atoms with E-state index in [0.717, 1.165) is 12.1 Å². The summed E-state index contributed by atoms with van der Waals surface area (Å²) in [6.45, 7) is 0.173. The third-order valence-electron chi connectivity index (χ3n) is 2.02. The van der Waals surface area contributed by atoms with E-state index in [1.165, 1.54) is 7.11 Å². The Hall–Kier alpha value is -1.58. The van der Waals surface area contributed by atoms with Crippen LogP contribution in [0.4, 0.5) is 10.1 Å². The SMILES string of the molecule is COCCNS(=O)(=O)c1ccc(F)c([N+](=O)[O-])c1. The molecule has 0 unspecified atom stereocenters. The normalized spacial score (nSPS) is 11.4. The van der Waals surface area contributed by atoms with Crippen molar-refractivity contribution in [2.45, 2.75) is 4.90 Å². The first-order valence-electron chi connectivity index (χ1n) is 4.81. The van der Waals surface area contributed by atoms with Gasteiger partial charge in [-0.1, -0.05) is 0 Å². The van der Waals surface area contributed by atoms with E-state index < -0.39 is 26.5 Å². The van der Waals surface area contributed by atoms with Crippen LogP contribution in [-0.2, 0) is 14.8 Å². The first-order chi connectivity index (χ1) is 8.38. The fourth-order valence-corrected chi connectivity index (χ4v) is 2.19. The first kappa shape index (κ1) is 14.5. The van der Waals surface area contributed by atoms with E-state index in [2.05, 4.69) is 9.46 Å². The zero-order valence-corrected chi connectivity index (χ0v) is 10.2. The van der Waals surface area contributed by atoms with E-state index in [0.29, 0.717) is 6.07 Å². The van der Waals surface area contributed by atoms with Gasteiger partial charge in [-0.3, -0.25) is 10.1 Å². The summed E-state index contributed by atoms with van der Waals surface area (Å²) in [6, 6.07) is 2.37. The highest BCUT2D eigenvalue weighted by Gasteiger charge is 2.20. The first-order valence-corrected chi connectivity index (χ1v) is 6.29. The van der Waals surface area contributed by atoms with E-state index >= 15 is 0 Å². The highest BCUT2D eigenvalue weighted by Crippen LogP contribution is 2.21. The fraction of sp³-hybridized carbons (Fsp3) is 0.333. The Balaban J connectivity index is 3.02. The average Bonchev–Trinajstić information content (AvgIpc) is 2.29. The van der Waals surface area contributed by atoms with Crippen molar-refractivity contribution in [3.8, 4) is 0 Å². The molecular weight excluding hydrogens is 267 g/mol. The number of hydrogen-bond donors (Lipinski definition) is 1. The zero-order valence-electron chi connectivity index (χ0n) is 9.42. The topological polar surface area (TPSA) is 98.5 Å². The summed E-state index contributed by atoms with van der Waals surface area (Å²) < 4.78 is 43.2. The molecule has 7 nitrogen and oxygen atoms in total. The third-order valence-corrected chi connectivity index (χ3v) is 3.48. The molecule has 0 radical (unpaired) electrons. The molecule has 9 heteroatoms. The Morgan fingerprint density at radius 2 is 2.17 bits per heavy atom. The van der Waals surface area contributed by atoms with Gasteiger partial charge in [0.25, 0.3) is 0 Å². The molecule has 0 aliphatic heterocycles. The molecule has 0 amide bonds. The lowest BCUT2D eigenvalue weighted by molar-refractivity contribution is -0.387. The Bertz CT molecular complexity index is 546. The van der Waals surface area contributed by atoms with Crippen LogP contribution in [0.1, 0.15) is 0 Å². The molecule has 0 aliphatic rings. The van der Waals surface area contributed by atoms with Crippen LogP contribution in [0.5, 0.6) is 0 Å². The van der Waals surface area contributed by atoms with Gasteiger partial charge in [0.2, 0.25) is 15.8 Å². The lowest BCUT2D eigenvalue weighted by atomic mass is 10.3. The van der Waals surface area contributed by atoms with Gasteiger partial charge in [0.05, 0.1) is 16.4 Å². The summed E-state index contributed by atoms with van der Waals surface area (Å²) in [5.41, 5.74) is -0.885. The second kappa shape index (κ2) is 5.85. The molecule has 1 aromatic rings. The number of nitro groups is 1. The van der Waals surface area contributed by atoms with Gasteiger partial charge in [-0.2, -0.15) is 4.39 Å². The van der Waals surface area contributed by atoms with E-state index in [9.17, 15) is 22.9 Å². The minimum Gasteiger partial charge on any atom is -0.383 e. The zero-order chi connectivity index (χ0) is 13.8. The standard InChI is InChI=1S/C9H11FN2O5S/c1-17-5-4-11-18(15,16)7-2-3-8(10)9(6-7)12(13)14/h2-3,6,11H,4-5H2,1H3. The van der Waals surface area contributed by atoms with Crippen LogP contribution in [0.15, 0.2) is 23.1 Å². The van der Waals surface area contributed by atoms with Crippen molar-refractivity contribution < 1.29 is 22.5 Å². The lowest BCUT2D eigenvalue weighted by Gasteiger charge is -2.06. The van der Waals surface area contributed by atoms with Crippen molar-refractivity contribution in [1.29, 1.82) is 0 Å². The van der Waals surface area contributed by atoms with Crippen LogP contribution in [-0.4, -0.2) is 33.6 Å². The molecule has 0 spiro atoms. The molecule has 0 atom stereocenters. The van der Waals surface area contributed by atoms with E-state index in [1.807, 2.05) is 0 Å². The van der Waals surface area contributed by atoms with Crippen LogP contribution < -0.4 is 4.72 Å². The van der Waals surface area contributed by atoms with Gasteiger partial charge in [0, 0.05) is 19.7 Å². The maximum absolute atomic E-state index is 13.0. The Kier molecular flexibility index (Phi) is 4.70. The predicted molar refractivity (Wildman–Crippen MR) is 60.1 cm³/mol. The minimum absolute atomic E-state index is 0.0179. The van der Waals surface area contributed by atoms with E-state index in [1.54, 1.807) is 0 Å². The summed E-state index contributed by atoms with van der Waals surface area (Å²) in [5, 5.41) is 10.5. The van der Waals surface area contributed by atoms with Crippen molar-refractivity contribution in [3.05, 3.63) is 34.1 Å². The third kappa shape index (κ3) is 3.45. The number of halogens is 1. The second-order valence-corrected chi connectivity index (χ2v) is 5.03. The highest BCUT2D eigenvalue weighted by molar-refractivity contribution is 7.89. The molecular formula is C9H11FN2O5S. The van der Waals surface area contributed by atoms with Gasteiger partial charge < -0.3 is 4.74 Å². The molecule has 18 heavy (non-hydrogen) atoms. The molecule has 0 saturated heterocycles. The minimum atomic E-state index is -3.91. The number of sulfonamides is 1. The summed E-state index contributed by atoms with van der Waals surface area (Å²) >= 11 is 0. The van der Waals surface area contributed by atoms with Crippen LogP contribution in [0.25, 0.3) is 0 Å². The molecule has 100 valence electrons. The number of nitrogens with zero attached hydrogens (tertiary/aromatic N) is 1. The van der Waals surface area contributed by atoms with E-state index in [-0.39, 0.29) is 18.0 Å². The number of nitrogens with one attached hydrogen (secondary N) is 1. The highest BCUT2D eigenvalue weighted by atomic mass is 32.2. The number of nitro benzene ring substituents is 1. The monoisotopic (exact) mass is 278 g/mol. The molecule has 0 fully saturated rings. The lowest BCUT2D eigenvalue weighted by Crippen LogP contribution is -2.27. The average molecular weight is 278 g/mol. The predicted octanol–water partition coefficient (Wildman–Crippen LogP) is 0.659. The second-order valence-electron chi connectivity index (χ2n) is 3.26. The van der Waals surface area contributed by atoms with E-state index in [4.69, 9.17) is 0 Å². The van der Waals surface area contributed by atoms with Gasteiger partial charge in [-0.25, -0.2) is 13.1 Å². The Morgan fingerprint density at radius 3 is 2.72 bits per heavy atom. The van der Waals surface area contributed by atoms with Crippen LogP contribution in [0.3, 0.4) is 0 Å². The number of rotatable bonds is 6. The number of ether oxygens (including phenoxy) is 1. The molecule has 0 aliphatic carbocycles. The summed E-state index contributed by atoms with van der Waals surface area (Å²) in [4.78, 5) is 9.14. The van der Waals surface area contributed by atoms with Crippen LogP contribution in [0, 0.1) is 15.9 Å². The van der Waals surface area contributed by atoms with Gasteiger partial charge in [-0.05, 0) is 12.1 Å². The Labute approximate surface area is 103 Å². The molecule has 0 aromatic heterocycles. The van der Waals surface area contributed by atoms with Crippen LogP contribution in [0.2, 0.25) is 0 Å². The van der Waals surface area contributed by atoms with Crippen molar-refractivity contribution in [2.75, 3.05) is 20.3 Å². The van der Waals surface area contributed by atoms with Crippen molar-refractivity contribution >= 4 is 15.7 Å². The number of benzene rings is 1. The number of hydrogen-bond acceptors (Lipinski definition) is 5. The smallest absolute Gasteiger partial charge is 0.306 e. The maximum Gasteiger partial charge on any atom is 0.306 e.